The summed E-state index contributed by atoms with van der Waals surface area (Å²) in [5.41, 5.74) is 0. The van der Waals surface area contributed by atoms with E-state index in [0.29, 0.717) is 5.75 Å². The molecule has 0 aromatic heterocycles. The summed E-state index contributed by atoms with van der Waals surface area (Å²) < 4.78 is 21.4. The zero-order chi connectivity index (χ0) is 7.12. The lowest BCUT2D eigenvalue weighted by molar-refractivity contribution is 0.589. The molecule has 1 saturated carbocycles. The summed E-state index contributed by atoms with van der Waals surface area (Å²) in [7, 11) is -2.82. The summed E-state index contributed by atoms with van der Waals surface area (Å²) in [6, 6.07) is 0. The first-order chi connectivity index (χ1) is 4.02. The van der Waals surface area contributed by atoms with Gasteiger partial charge in [-0.2, -0.15) is 12.6 Å². The summed E-state index contributed by atoms with van der Waals surface area (Å²) in [6.07, 6.45) is 2.89. The van der Waals surface area contributed by atoms with Crippen molar-refractivity contribution in [2.45, 2.75) is 17.6 Å². The van der Waals surface area contributed by atoms with Gasteiger partial charge in [0.05, 0.1) is 4.75 Å². The molecule has 0 aromatic carbocycles. The number of thiol groups is 1. The monoisotopic (exact) mass is 166 g/mol. The van der Waals surface area contributed by atoms with Gasteiger partial charge in [0.25, 0.3) is 0 Å². The summed E-state index contributed by atoms with van der Waals surface area (Å²) in [5.74, 6) is 0.478. The molecule has 1 fully saturated rings. The minimum absolute atomic E-state index is 0.434. The van der Waals surface area contributed by atoms with Crippen molar-refractivity contribution in [3.8, 4) is 0 Å². The number of hydrogen-bond acceptors (Lipinski definition) is 3. The maximum Gasteiger partial charge on any atom is 0.153 e. The van der Waals surface area contributed by atoms with Gasteiger partial charge in [0, 0.05) is 12.0 Å². The predicted molar refractivity (Wildman–Crippen MR) is 40.7 cm³/mol. The molecule has 0 bridgehead atoms. The molecule has 0 aromatic rings. The van der Waals surface area contributed by atoms with E-state index >= 15 is 0 Å². The zero-order valence-corrected chi connectivity index (χ0v) is 7.00. The molecule has 0 amide bonds. The second kappa shape index (κ2) is 1.89. The van der Waals surface area contributed by atoms with E-state index in [1.807, 2.05) is 0 Å². The number of rotatable bonds is 2. The third-order valence-electron chi connectivity index (χ3n) is 1.88. The van der Waals surface area contributed by atoms with E-state index in [-0.39, 0.29) is 0 Å². The smallest absolute Gasteiger partial charge is 0.153 e. The van der Waals surface area contributed by atoms with Crippen LogP contribution in [0.2, 0.25) is 0 Å². The number of sulfone groups is 1. The lowest BCUT2D eigenvalue weighted by Gasteiger charge is -2.06. The minimum Gasteiger partial charge on any atom is -0.229 e. The highest BCUT2D eigenvalue weighted by Crippen LogP contribution is 2.43. The van der Waals surface area contributed by atoms with E-state index in [1.165, 1.54) is 6.26 Å². The molecular weight excluding hydrogens is 156 g/mol. The average molecular weight is 166 g/mol. The molecule has 0 heterocycles. The molecule has 2 nitrogen and oxygen atoms in total. The van der Waals surface area contributed by atoms with Gasteiger partial charge in [0.1, 0.15) is 0 Å². The topological polar surface area (TPSA) is 34.1 Å². The van der Waals surface area contributed by atoms with Crippen LogP contribution < -0.4 is 0 Å². The van der Waals surface area contributed by atoms with Gasteiger partial charge in [-0.3, -0.25) is 0 Å². The van der Waals surface area contributed by atoms with Crippen molar-refractivity contribution >= 4 is 22.5 Å². The Bertz CT molecular complexity index is 201. The molecule has 0 spiro atoms. The maximum absolute atomic E-state index is 10.9. The number of hydrogen-bond donors (Lipinski definition) is 1. The van der Waals surface area contributed by atoms with E-state index in [9.17, 15) is 8.42 Å². The molecule has 54 valence electrons. The third-order valence-corrected chi connectivity index (χ3v) is 4.83. The normalized spacial score (nSPS) is 23.8. The second-order valence-electron chi connectivity index (χ2n) is 2.61. The van der Waals surface area contributed by atoms with Crippen molar-refractivity contribution in [2.24, 2.45) is 0 Å². The zero-order valence-electron chi connectivity index (χ0n) is 5.29. The molecule has 0 atom stereocenters. The van der Waals surface area contributed by atoms with Crippen molar-refractivity contribution in [1.82, 2.24) is 0 Å². The molecule has 0 aliphatic heterocycles. The molecule has 9 heavy (non-hydrogen) atoms. The van der Waals surface area contributed by atoms with Crippen molar-refractivity contribution in [2.75, 3.05) is 12.0 Å². The molecule has 0 saturated heterocycles. The van der Waals surface area contributed by atoms with E-state index in [0.717, 1.165) is 12.8 Å². The van der Waals surface area contributed by atoms with Crippen LogP contribution in [0.1, 0.15) is 12.8 Å². The fraction of sp³-hybridized carbons (Fsp3) is 1.00. The molecule has 1 rings (SSSR count). The van der Waals surface area contributed by atoms with Crippen LogP contribution in [-0.2, 0) is 9.84 Å². The summed E-state index contributed by atoms with van der Waals surface area (Å²) in [6.45, 7) is 0. The molecule has 0 N–H and O–H groups in total. The van der Waals surface area contributed by atoms with Crippen LogP contribution in [0.4, 0.5) is 0 Å². The van der Waals surface area contributed by atoms with E-state index in [2.05, 4.69) is 12.6 Å². The van der Waals surface area contributed by atoms with Gasteiger partial charge >= 0.3 is 0 Å². The van der Waals surface area contributed by atoms with Gasteiger partial charge in [-0.25, -0.2) is 8.42 Å². The first-order valence-corrected chi connectivity index (χ1v) is 5.35. The summed E-state index contributed by atoms with van der Waals surface area (Å²) >= 11 is 3.98. The average Bonchev–Trinajstić information content (AvgIpc) is 2.40. The Morgan fingerprint density at radius 3 is 2.00 bits per heavy atom. The van der Waals surface area contributed by atoms with Crippen LogP contribution >= 0.6 is 12.6 Å². The Morgan fingerprint density at radius 1 is 1.56 bits per heavy atom. The van der Waals surface area contributed by atoms with E-state index in [1.54, 1.807) is 0 Å². The molecular formula is C5H10O2S2. The van der Waals surface area contributed by atoms with Crippen molar-refractivity contribution < 1.29 is 8.42 Å². The SMILES string of the molecule is CS(=O)(=O)C1(CS)CC1. The highest BCUT2D eigenvalue weighted by atomic mass is 32.2. The Morgan fingerprint density at radius 2 is 2.00 bits per heavy atom. The summed E-state index contributed by atoms with van der Waals surface area (Å²) in [4.78, 5) is 0. The molecule has 1 aliphatic carbocycles. The third kappa shape index (κ3) is 1.10. The lowest BCUT2D eigenvalue weighted by Crippen LogP contribution is -2.23. The van der Waals surface area contributed by atoms with Crippen LogP contribution in [-0.4, -0.2) is 25.2 Å². The molecule has 0 unspecified atom stereocenters. The van der Waals surface area contributed by atoms with Gasteiger partial charge in [-0.05, 0) is 12.8 Å². The van der Waals surface area contributed by atoms with E-state index < -0.39 is 14.6 Å². The van der Waals surface area contributed by atoms with Crippen LogP contribution in [0.15, 0.2) is 0 Å². The van der Waals surface area contributed by atoms with Crippen LogP contribution in [0, 0.1) is 0 Å². The second-order valence-corrected chi connectivity index (χ2v) is 5.34. The van der Waals surface area contributed by atoms with E-state index in [4.69, 9.17) is 0 Å². The predicted octanol–water partition coefficient (Wildman–Crippen LogP) is 0.493. The van der Waals surface area contributed by atoms with Crippen LogP contribution in [0.5, 0.6) is 0 Å². The fourth-order valence-electron chi connectivity index (χ4n) is 0.786. The van der Waals surface area contributed by atoms with Crippen molar-refractivity contribution in [1.29, 1.82) is 0 Å². The quantitative estimate of drug-likeness (QED) is 0.606. The van der Waals surface area contributed by atoms with Gasteiger partial charge < -0.3 is 0 Å². The Hall–Kier alpha value is 0.300. The Labute approximate surface area is 61.0 Å². The van der Waals surface area contributed by atoms with Gasteiger partial charge in [-0.15, -0.1) is 0 Å². The van der Waals surface area contributed by atoms with Crippen LogP contribution in [0.25, 0.3) is 0 Å². The Kier molecular flexibility index (Phi) is 1.56. The molecule has 1 aliphatic rings. The highest BCUT2D eigenvalue weighted by Gasteiger charge is 2.50. The van der Waals surface area contributed by atoms with Gasteiger partial charge in [-0.1, -0.05) is 0 Å². The maximum atomic E-state index is 10.9. The fourth-order valence-corrected chi connectivity index (χ4v) is 2.88. The minimum atomic E-state index is -2.82. The van der Waals surface area contributed by atoms with Gasteiger partial charge in [0.15, 0.2) is 9.84 Å². The largest absolute Gasteiger partial charge is 0.229 e. The van der Waals surface area contributed by atoms with Gasteiger partial charge in [0.2, 0.25) is 0 Å². The lowest BCUT2D eigenvalue weighted by atomic mass is 10.5. The van der Waals surface area contributed by atoms with Crippen molar-refractivity contribution in [3.05, 3.63) is 0 Å². The highest BCUT2D eigenvalue weighted by molar-refractivity contribution is 7.93. The molecule has 0 radical (unpaired) electrons. The van der Waals surface area contributed by atoms with Crippen LogP contribution in [0.3, 0.4) is 0 Å². The first-order valence-electron chi connectivity index (χ1n) is 2.82. The first kappa shape index (κ1) is 7.41. The standard InChI is InChI=1S/C5H10O2S2/c1-9(6,7)5(4-8)2-3-5/h8H,2-4H2,1H3. The van der Waals surface area contributed by atoms with Crippen molar-refractivity contribution in [3.63, 3.8) is 0 Å². The Balaban J connectivity index is 2.85. The summed E-state index contributed by atoms with van der Waals surface area (Å²) in [5, 5.41) is 0. The molecule has 4 heteroatoms.